The van der Waals surface area contributed by atoms with Crippen LogP contribution in [0.1, 0.15) is 38.5 Å². The van der Waals surface area contributed by atoms with Crippen molar-refractivity contribution in [3.63, 3.8) is 0 Å². The Morgan fingerprint density at radius 3 is 1.63 bits per heavy atom. The number of nitrogens with one attached hydrogen (secondary N) is 1. The molecule has 7 aromatic rings. The Morgan fingerprint density at radius 1 is 0.632 bits per heavy atom. The second-order valence-corrected chi connectivity index (χ2v) is 16.3. The monoisotopic (exact) mass is 786 g/mol. The molecule has 5 heterocycles. The minimum absolute atomic E-state index is 0.237. The first-order valence-corrected chi connectivity index (χ1v) is 20.8. The third-order valence-electron chi connectivity index (χ3n) is 11.8. The number of hydrogen-bond donors (Lipinski definition) is 3. The van der Waals surface area contributed by atoms with Crippen molar-refractivity contribution in [3.05, 3.63) is 121 Å². The van der Waals surface area contributed by atoms with E-state index in [1.165, 1.54) is 68.4 Å². The molecule has 4 aromatic carbocycles. The lowest BCUT2D eigenvalue weighted by atomic mass is 10.0. The third kappa shape index (κ3) is 7.59. The molecule has 4 aliphatic rings. The van der Waals surface area contributed by atoms with Crippen LogP contribution in [0.25, 0.3) is 33.2 Å². The largest absolute Gasteiger partial charge is 0.367 e. The smallest absolute Gasteiger partial charge is 0.182 e. The number of thiazole rings is 1. The number of nitrogens with two attached hydrogens (primary N) is 2. The van der Waals surface area contributed by atoms with Crippen LogP contribution in [0.5, 0.6) is 0 Å². The Labute approximate surface area is 335 Å². The maximum atomic E-state index is 13.3. The summed E-state index contributed by atoms with van der Waals surface area (Å²) < 4.78 is 30.2. The SMILES string of the molecule is CN.Fc1ccc(-n2ncc3cc(N4CC[C@H](Nc5nccs5)[C@H]4C4CC4)ccc32)cc1.N[C@H]1CCN(c2ccc3c(cnn3-c3ccc(F)cc3)c2)[C@@H]1C1CC1. The van der Waals surface area contributed by atoms with Crippen LogP contribution in [0.15, 0.2) is 109 Å². The van der Waals surface area contributed by atoms with E-state index >= 15 is 0 Å². The van der Waals surface area contributed by atoms with Crippen molar-refractivity contribution in [3.8, 4) is 11.4 Å². The van der Waals surface area contributed by atoms with Crippen LogP contribution in [0.2, 0.25) is 0 Å². The van der Waals surface area contributed by atoms with Crippen molar-refractivity contribution >= 4 is 49.6 Å². The van der Waals surface area contributed by atoms with Crippen LogP contribution in [0.4, 0.5) is 25.3 Å². The molecular formula is C44H48F2N10S. The Kier molecular flexibility index (Phi) is 10.4. The van der Waals surface area contributed by atoms with E-state index in [1.807, 2.05) is 33.3 Å². The van der Waals surface area contributed by atoms with Crippen molar-refractivity contribution in [2.45, 2.75) is 62.7 Å². The van der Waals surface area contributed by atoms with Gasteiger partial charge >= 0.3 is 0 Å². The first kappa shape index (κ1) is 37.2. The summed E-state index contributed by atoms with van der Waals surface area (Å²) in [6.07, 6.45) is 13.0. The summed E-state index contributed by atoms with van der Waals surface area (Å²) in [6, 6.07) is 27.6. The fourth-order valence-corrected chi connectivity index (χ4v) is 9.50. The average molecular weight is 787 g/mol. The van der Waals surface area contributed by atoms with Gasteiger partial charge in [0.1, 0.15) is 11.6 Å². The summed E-state index contributed by atoms with van der Waals surface area (Å²) in [4.78, 5) is 9.47. The van der Waals surface area contributed by atoms with Crippen LogP contribution in [0.3, 0.4) is 0 Å². The summed E-state index contributed by atoms with van der Waals surface area (Å²) >= 11 is 1.67. The molecule has 2 aliphatic heterocycles. The number of halogens is 2. The molecule has 294 valence electrons. The molecule has 0 unspecified atom stereocenters. The Bertz CT molecular complexity index is 2420. The molecule has 2 saturated heterocycles. The number of hydrogen-bond acceptors (Lipinski definition) is 9. The standard InChI is InChI=1S/C23H22FN5S.C20H21FN4.CH5N/c24-17-3-5-18(6-4-17)29-21-8-7-19(13-16(21)14-26-29)28-11-9-20(22(28)15-1-2-15)27-23-25-10-12-30-23;21-15-3-5-16(6-4-15)25-19-8-7-17(11-14(19)12-23-25)24-10-9-18(22)20(24)13-1-2-13;1-2/h3-8,10,12-15,20,22H,1-2,9,11H2,(H,25,27);3-8,11-13,18,20H,1-2,9-10,22H2;2H2,1H3/t20-,22+;18-,20+;/m00./s1. The van der Waals surface area contributed by atoms with Gasteiger partial charge in [-0.1, -0.05) is 0 Å². The predicted octanol–water partition coefficient (Wildman–Crippen LogP) is 8.15. The molecule has 0 bridgehead atoms. The highest BCUT2D eigenvalue weighted by molar-refractivity contribution is 7.13. The van der Waals surface area contributed by atoms with Gasteiger partial charge in [0.2, 0.25) is 0 Å². The van der Waals surface area contributed by atoms with Gasteiger partial charge in [-0.25, -0.2) is 23.1 Å². The number of rotatable bonds is 8. The molecule has 0 amide bonds. The molecule has 11 rings (SSSR count). The van der Waals surface area contributed by atoms with Gasteiger partial charge in [0, 0.05) is 58.9 Å². The van der Waals surface area contributed by atoms with Crippen molar-refractivity contribution in [1.29, 1.82) is 0 Å². The highest BCUT2D eigenvalue weighted by atomic mass is 32.1. The van der Waals surface area contributed by atoms with E-state index in [0.29, 0.717) is 18.1 Å². The van der Waals surface area contributed by atoms with E-state index < -0.39 is 0 Å². The lowest BCUT2D eigenvalue weighted by Crippen LogP contribution is -2.41. The lowest BCUT2D eigenvalue weighted by molar-refractivity contribution is 0.525. The van der Waals surface area contributed by atoms with Gasteiger partial charge in [-0.2, -0.15) is 10.2 Å². The number of benzene rings is 4. The molecule has 2 saturated carbocycles. The van der Waals surface area contributed by atoms with Crippen LogP contribution in [-0.2, 0) is 0 Å². The van der Waals surface area contributed by atoms with Gasteiger partial charge in [-0.15, -0.1) is 11.3 Å². The first-order valence-electron chi connectivity index (χ1n) is 20.0. The average Bonchev–Trinajstić information content (AvgIpc) is 3.93. The van der Waals surface area contributed by atoms with Gasteiger partial charge in [0.15, 0.2) is 5.13 Å². The van der Waals surface area contributed by atoms with E-state index in [1.54, 1.807) is 35.6 Å². The van der Waals surface area contributed by atoms with Gasteiger partial charge in [-0.3, -0.25) is 0 Å². The quantitative estimate of drug-likeness (QED) is 0.141. The molecule has 4 atom stereocenters. The molecule has 2 aliphatic carbocycles. The van der Waals surface area contributed by atoms with Crippen molar-refractivity contribution in [1.82, 2.24) is 24.5 Å². The number of nitrogens with zero attached hydrogens (tertiary/aromatic N) is 7. The van der Waals surface area contributed by atoms with Crippen LogP contribution < -0.4 is 26.6 Å². The zero-order chi connectivity index (χ0) is 39.0. The molecule has 4 fully saturated rings. The minimum atomic E-state index is -0.237. The van der Waals surface area contributed by atoms with Crippen LogP contribution >= 0.6 is 11.3 Å². The number of anilines is 3. The van der Waals surface area contributed by atoms with Crippen molar-refractivity contribution in [2.75, 3.05) is 35.3 Å². The fourth-order valence-electron chi connectivity index (χ4n) is 8.90. The fraction of sp³-hybridized carbons (Fsp3) is 0.341. The van der Waals surface area contributed by atoms with E-state index in [9.17, 15) is 8.78 Å². The molecular weight excluding hydrogens is 739 g/mol. The molecule has 5 N–H and O–H groups in total. The Hall–Kier alpha value is -5.37. The Morgan fingerprint density at radius 2 is 1.12 bits per heavy atom. The number of fused-ring (bicyclic) bond motifs is 2. The number of aromatic nitrogens is 5. The highest BCUT2D eigenvalue weighted by Gasteiger charge is 2.45. The summed E-state index contributed by atoms with van der Waals surface area (Å²) in [5, 5.41) is 18.0. The lowest BCUT2D eigenvalue weighted by Gasteiger charge is -2.30. The van der Waals surface area contributed by atoms with Crippen LogP contribution in [-0.4, -0.2) is 68.8 Å². The zero-order valence-electron chi connectivity index (χ0n) is 32.0. The Balaban J connectivity index is 0.000000144. The van der Waals surface area contributed by atoms with Crippen molar-refractivity contribution < 1.29 is 8.78 Å². The van der Waals surface area contributed by atoms with Gasteiger partial charge in [0.05, 0.1) is 46.9 Å². The molecule has 57 heavy (non-hydrogen) atoms. The second kappa shape index (κ2) is 15.9. The maximum absolute atomic E-state index is 13.3. The summed E-state index contributed by atoms with van der Waals surface area (Å²) in [6.45, 7) is 2.07. The highest BCUT2D eigenvalue weighted by Crippen LogP contribution is 2.44. The van der Waals surface area contributed by atoms with E-state index in [4.69, 9.17) is 5.73 Å². The first-order chi connectivity index (χ1) is 28.0. The maximum Gasteiger partial charge on any atom is 0.182 e. The van der Waals surface area contributed by atoms with E-state index in [2.05, 4.69) is 72.4 Å². The molecule has 13 heteroatoms. The molecule has 0 radical (unpaired) electrons. The summed E-state index contributed by atoms with van der Waals surface area (Å²) in [7, 11) is 1.50. The van der Waals surface area contributed by atoms with Gasteiger partial charge < -0.3 is 26.6 Å². The molecule has 10 nitrogen and oxygen atoms in total. The topological polar surface area (TPSA) is 119 Å². The predicted molar refractivity (Wildman–Crippen MR) is 227 cm³/mol. The zero-order valence-corrected chi connectivity index (χ0v) is 32.8. The van der Waals surface area contributed by atoms with Gasteiger partial charge in [0.25, 0.3) is 0 Å². The van der Waals surface area contributed by atoms with Crippen molar-refractivity contribution in [2.24, 2.45) is 23.3 Å². The van der Waals surface area contributed by atoms with E-state index in [0.717, 1.165) is 76.1 Å². The second-order valence-electron chi connectivity index (χ2n) is 15.4. The summed E-state index contributed by atoms with van der Waals surface area (Å²) in [5.41, 5.74) is 17.1. The minimum Gasteiger partial charge on any atom is -0.367 e. The molecule has 0 spiro atoms. The van der Waals surface area contributed by atoms with E-state index in [-0.39, 0.29) is 17.7 Å². The summed E-state index contributed by atoms with van der Waals surface area (Å²) in [5.74, 6) is 1.04. The normalized spacial score (nSPS) is 21.7. The molecule has 3 aromatic heterocycles. The van der Waals surface area contributed by atoms with Gasteiger partial charge in [-0.05, 0) is 142 Å². The van der Waals surface area contributed by atoms with Crippen LogP contribution in [0, 0.1) is 23.5 Å². The third-order valence-corrected chi connectivity index (χ3v) is 12.5.